The van der Waals surface area contributed by atoms with Crippen LogP contribution < -0.4 is 0 Å². The fourth-order valence-electron chi connectivity index (χ4n) is 10.6. The molecule has 6 heteroatoms. The lowest BCUT2D eigenvalue weighted by Crippen LogP contribution is -2.65. The van der Waals surface area contributed by atoms with E-state index >= 15 is 0 Å². The summed E-state index contributed by atoms with van der Waals surface area (Å²) in [5.74, 6) is -0.219. The van der Waals surface area contributed by atoms with Gasteiger partial charge in [-0.15, -0.1) is 0 Å². The van der Waals surface area contributed by atoms with Gasteiger partial charge >= 0.3 is 11.9 Å². The van der Waals surface area contributed by atoms with Gasteiger partial charge in [0.2, 0.25) is 0 Å². The highest BCUT2D eigenvalue weighted by atomic mass is 16.5. The van der Waals surface area contributed by atoms with E-state index < -0.39 is 12.2 Å². The fourth-order valence-corrected chi connectivity index (χ4v) is 10.6. The summed E-state index contributed by atoms with van der Waals surface area (Å²) in [4.78, 5) is 26.6. The molecule has 0 saturated heterocycles. The first-order chi connectivity index (χ1) is 20.7. The van der Waals surface area contributed by atoms with Crippen molar-refractivity contribution in [2.75, 3.05) is 0 Å². The first-order valence-corrected chi connectivity index (χ1v) is 16.8. The van der Waals surface area contributed by atoms with Gasteiger partial charge in [-0.3, -0.25) is 4.79 Å². The standard InChI is InChI=1S/C38H54O6/c1-23(2)12-11-15-27(35(42)43-22-26-13-9-8-10-14-26)33-29-20-31(41)34-36(5)18-17-30(40)24(3)28(36)16-19-37(34,6)38(29,7)21-32(33)44-25(4)39/h8-10,12-14,24,28-32,34,40-41H,11,15-22H2,1-7H3/b33-27-/t24-,28?,29?,30+,31+,32-,34?,36-,37-,38-/m0/s1. The highest BCUT2D eigenvalue weighted by Gasteiger charge is 2.70. The number of hydrogen-bond donors (Lipinski definition) is 2. The zero-order valence-electron chi connectivity index (χ0n) is 27.9. The Labute approximate surface area is 264 Å². The van der Waals surface area contributed by atoms with Crippen molar-refractivity contribution in [2.24, 2.45) is 39.9 Å². The number of aliphatic hydroxyl groups is 2. The Bertz CT molecular complexity index is 1300. The Morgan fingerprint density at radius 3 is 2.34 bits per heavy atom. The number of fused-ring (bicyclic) bond motifs is 5. The quantitative estimate of drug-likeness (QED) is 0.192. The largest absolute Gasteiger partial charge is 0.458 e. The third-order valence-electron chi connectivity index (χ3n) is 12.8. The molecule has 4 saturated carbocycles. The molecule has 4 aliphatic carbocycles. The SMILES string of the molecule is CC(=O)O[C@H]1C[C@@]2(C)C(C[C@@H](O)C3[C@@]4(C)CC[C@@H](O)[C@@H](C)C4CC[C@@]32C)/C1=C(\CCC=C(C)C)C(=O)OCc1ccccc1. The third kappa shape index (κ3) is 5.59. The predicted octanol–water partition coefficient (Wildman–Crippen LogP) is 7.32. The summed E-state index contributed by atoms with van der Waals surface area (Å²) in [6.45, 7) is 14.9. The zero-order chi connectivity index (χ0) is 32.0. The lowest BCUT2D eigenvalue weighted by molar-refractivity contribution is -0.234. The second-order valence-electron chi connectivity index (χ2n) is 15.4. The summed E-state index contributed by atoms with van der Waals surface area (Å²) >= 11 is 0. The zero-order valence-corrected chi connectivity index (χ0v) is 27.9. The molecule has 0 heterocycles. The van der Waals surface area contributed by atoms with Crippen LogP contribution in [-0.4, -0.2) is 40.5 Å². The summed E-state index contributed by atoms with van der Waals surface area (Å²) < 4.78 is 12.0. The summed E-state index contributed by atoms with van der Waals surface area (Å²) in [6.07, 6.45) is 6.68. The lowest BCUT2D eigenvalue weighted by Gasteiger charge is -2.69. The number of aliphatic hydroxyl groups excluding tert-OH is 2. The summed E-state index contributed by atoms with van der Waals surface area (Å²) in [5.41, 5.74) is 2.94. The van der Waals surface area contributed by atoms with Gasteiger partial charge in [-0.25, -0.2) is 4.79 Å². The maximum atomic E-state index is 14.0. The van der Waals surface area contributed by atoms with Crippen LogP contribution >= 0.6 is 0 Å². The van der Waals surface area contributed by atoms with Crippen LogP contribution in [0.3, 0.4) is 0 Å². The smallest absolute Gasteiger partial charge is 0.334 e. The van der Waals surface area contributed by atoms with Crippen LogP contribution in [0.4, 0.5) is 0 Å². The number of benzene rings is 1. The number of carbonyl (C=O) groups is 2. The Hall–Kier alpha value is -2.44. The average molecular weight is 607 g/mol. The van der Waals surface area contributed by atoms with Gasteiger partial charge in [-0.05, 0) is 116 Å². The number of hydrogen-bond acceptors (Lipinski definition) is 6. The van der Waals surface area contributed by atoms with E-state index in [1.807, 2.05) is 30.3 Å². The molecule has 4 fully saturated rings. The van der Waals surface area contributed by atoms with Gasteiger partial charge in [0.25, 0.3) is 0 Å². The van der Waals surface area contributed by atoms with Crippen molar-refractivity contribution in [3.05, 3.63) is 58.7 Å². The van der Waals surface area contributed by atoms with Gasteiger partial charge in [0.1, 0.15) is 12.7 Å². The van der Waals surface area contributed by atoms with Gasteiger partial charge in [0, 0.05) is 12.5 Å². The molecule has 6 nitrogen and oxygen atoms in total. The molecule has 0 aromatic heterocycles. The van der Waals surface area contributed by atoms with E-state index in [2.05, 4.69) is 47.6 Å². The van der Waals surface area contributed by atoms with Gasteiger partial charge in [-0.2, -0.15) is 0 Å². The maximum absolute atomic E-state index is 14.0. The van der Waals surface area contributed by atoms with Crippen LogP contribution in [-0.2, 0) is 25.7 Å². The average Bonchev–Trinajstić information content (AvgIpc) is 3.23. The molecule has 4 aliphatic rings. The minimum Gasteiger partial charge on any atom is -0.458 e. The molecule has 44 heavy (non-hydrogen) atoms. The van der Waals surface area contributed by atoms with E-state index in [0.717, 1.165) is 36.8 Å². The molecule has 0 radical (unpaired) electrons. The summed E-state index contributed by atoms with van der Waals surface area (Å²) in [6, 6.07) is 9.68. The van der Waals surface area contributed by atoms with E-state index in [1.54, 1.807) is 0 Å². The van der Waals surface area contributed by atoms with Crippen LogP contribution in [0, 0.1) is 39.9 Å². The number of allylic oxidation sites excluding steroid dienone is 2. The first kappa shape index (κ1) is 32.9. The topological polar surface area (TPSA) is 93.1 Å². The van der Waals surface area contributed by atoms with Crippen molar-refractivity contribution in [2.45, 2.75) is 125 Å². The summed E-state index contributed by atoms with van der Waals surface area (Å²) in [7, 11) is 0. The Kier molecular flexibility index (Phi) is 9.28. The molecule has 3 unspecified atom stereocenters. The maximum Gasteiger partial charge on any atom is 0.334 e. The third-order valence-corrected chi connectivity index (χ3v) is 12.8. The minimum atomic E-state index is -0.557. The fraction of sp³-hybridized carbons (Fsp3) is 0.684. The molecule has 1 aromatic carbocycles. The van der Waals surface area contributed by atoms with Gasteiger partial charge < -0.3 is 19.7 Å². The molecule has 10 atom stereocenters. The van der Waals surface area contributed by atoms with Crippen LogP contribution in [0.25, 0.3) is 0 Å². The van der Waals surface area contributed by atoms with Crippen molar-refractivity contribution < 1.29 is 29.3 Å². The molecular weight excluding hydrogens is 552 g/mol. The minimum absolute atomic E-state index is 0.0569. The molecule has 5 rings (SSSR count). The van der Waals surface area contributed by atoms with Crippen LogP contribution in [0.15, 0.2) is 53.1 Å². The van der Waals surface area contributed by atoms with Crippen LogP contribution in [0.1, 0.15) is 105 Å². The first-order valence-electron chi connectivity index (χ1n) is 16.8. The number of carbonyl (C=O) groups excluding carboxylic acids is 2. The second-order valence-corrected chi connectivity index (χ2v) is 15.4. The lowest BCUT2D eigenvalue weighted by atomic mass is 9.36. The monoisotopic (exact) mass is 606 g/mol. The highest BCUT2D eigenvalue weighted by Crippen LogP contribution is 2.74. The second kappa shape index (κ2) is 12.4. The van der Waals surface area contributed by atoms with Crippen molar-refractivity contribution in [3.8, 4) is 0 Å². The molecule has 1 aromatic rings. The van der Waals surface area contributed by atoms with E-state index in [0.29, 0.717) is 37.2 Å². The number of esters is 2. The highest BCUT2D eigenvalue weighted by molar-refractivity contribution is 5.90. The van der Waals surface area contributed by atoms with Gasteiger partial charge in [-0.1, -0.05) is 69.7 Å². The Morgan fingerprint density at radius 2 is 1.68 bits per heavy atom. The van der Waals surface area contributed by atoms with Gasteiger partial charge in [0.15, 0.2) is 0 Å². The predicted molar refractivity (Wildman–Crippen MR) is 171 cm³/mol. The summed E-state index contributed by atoms with van der Waals surface area (Å²) in [5, 5.41) is 23.0. The van der Waals surface area contributed by atoms with E-state index in [4.69, 9.17) is 9.47 Å². The van der Waals surface area contributed by atoms with Crippen molar-refractivity contribution in [3.63, 3.8) is 0 Å². The molecule has 0 bridgehead atoms. The normalized spacial score (nSPS) is 40.6. The molecular formula is C38H54O6. The Balaban J connectivity index is 1.58. The molecule has 2 N–H and O–H groups in total. The molecule has 0 spiro atoms. The van der Waals surface area contributed by atoms with E-state index in [1.165, 1.54) is 12.5 Å². The van der Waals surface area contributed by atoms with E-state index in [9.17, 15) is 19.8 Å². The van der Waals surface area contributed by atoms with E-state index in [-0.39, 0.29) is 58.6 Å². The molecule has 242 valence electrons. The van der Waals surface area contributed by atoms with Crippen molar-refractivity contribution in [1.29, 1.82) is 0 Å². The van der Waals surface area contributed by atoms with Crippen molar-refractivity contribution in [1.82, 2.24) is 0 Å². The number of rotatable bonds is 7. The molecule has 0 amide bonds. The molecule has 0 aliphatic heterocycles. The Morgan fingerprint density at radius 1 is 0.977 bits per heavy atom. The van der Waals surface area contributed by atoms with Crippen molar-refractivity contribution >= 4 is 11.9 Å². The van der Waals surface area contributed by atoms with Gasteiger partial charge in [0.05, 0.1) is 12.2 Å². The number of ether oxygens (including phenoxy) is 2. The van der Waals surface area contributed by atoms with Crippen LogP contribution in [0.2, 0.25) is 0 Å². The van der Waals surface area contributed by atoms with Crippen LogP contribution in [0.5, 0.6) is 0 Å².